The van der Waals surface area contributed by atoms with E-state index in [0.29, 0.717) is 5.92 Å². The number of amides is 1. The number of hydrogen-bond donors (Lipinski definition) is 1. The van der Waals surface area contributed by atoms with Gasteiger partial charge in [0.2, 0.25) is 5.91 Å². The molecule has 1 saturated heterocycles. The molecule has 2 unspecified atom stereocenters. The molecule has 2 heterocycles. The van der Waals surface area contributed by atoms with Crippen molar-refractivity contribution in [2.75, 3.05) is 26.7 Å². The van der Waals surface area contributed by atoms with Crippen molar-refractivity contribution >= 4 is 17.2 Å². The highest BCUT2D eigenvalue weighted by atomic mass is 32.1. The minimum atomic E-state index is -0.0379. The van der Waals surface area contributed by atoms with Gasteiger partial charge in [-0.2, -0.15) is 0 Å². The van der Waals surface area contributed by atoms with Crippen molar-refractivity contribution in [1.29, 1.82) is 0 Å². The van der Waals surface area contributed by atoms with Gasteiger partial charge < -0.3 is 9.80 Å². The summed E-state index contributed by atoms with van der Waals surface area (Å²) in [7, 11) is 2.10. The third-order valence-corrected chi connectivity index (χ3v) is 4.96. The van der Waals surface area contributed by atoms with E-state index >= 15 is 0 Å². The van der Waals surface area contributed by atoms with Crippen molar-refractivity contribution in [2.45, 2.75) is 39.4 Å². The Labute approximate surface area is 132 Å². The first-order valence-corrected chi connectivity index (χ1v) is 8.69. The number of likely N-dealkylation sites (N-methyl/N-ethyl adjacent to an activating group) is 1. The Morgan fingerprint density at radius 3 is 2.81 bits per heavy atom. The lowest BCUT2D eigenvalue weighted by atomic mass is 10.0. The zero-order chi connectivity index (χ0) is 15.4. The SMILES string of the molecule is CCN(C)CCN1C(=O)C(CC(C)C)NC1c1cccs1. The average Bonchev–Trinajstić information content (AvgIpc) is 3.05. The molecule has 2 atom stereocenters. The molecule has 1 N–H and O–H groups in total. The Hall–Kier alpha value is -0.910. The van der Waals surface area contributed by atoms with Gasteiger partial charge in [0.1, 0.15) is 6.17 Å². The van der Waals surface area contributed by atoms with Gasteiger partial charge in [-0.1, -0.05) is 26.8 Å². The highest BCUT2D eigenvalue weighted by molar-refractivity contribution is 7.10. The van der Waals surface area contributed by atoms with E-state index in [1.807, 2.05) is 4.90 Å². The van der Waals surface area contributed by atoms with Crippen LogP contribution in [-0.2, 0) is 4.79 Å². The number of thiophene rings is 1. The molecule has 1 aliphatic rings. The van der Waals surface area contributed by atoms with E-state index in [0.717, 1.165) is 26.1 Å². The Bertz CT molecular complexity index is 446. The molecule has 5 heteroatoms. The van der Waals surface area contributed by atoms with Crippen molar-refractivity contribution in [3.8, 4) is 0 Å². The molecule has 21 heavy (non-hydrogen) atoms. The second-order valence-electron chi connectivity index (χ2n) is 6.19. The predicted molar refractivity (Wildman–Crippen MR) is 88.3 cm³/mol. The van der Waals surface area contributed by atoms with Crippen LogP contribution in [0.1, 0.15) is 38.2 Å². The zero-order valence-corrected chi connectivity index (χ0v) is 14.3. The first-order valence-electron chi connectivity index (χ1n) is 7.81. The normalized spacial score (nSPS) is 22.8. The number of carbonyl (C=O) groups excluding carboxylic acids is 1. The molecule has 1 aromatic heterocycles. The van der Waals surface area contributed by atoms with Crippen molar-refractivity contribution < 1.29 is 4.79 Å². The van der Waals surface area contributed by atoms with E-state index in [-0.39, 0.29) is 18.1 Å². The standard InChI is InChI=1S/C16H27N3OS/c1-5-18(4)8-9-19-15(14-7-6-10-21-14)17-13(16(19)20)11-12(2)3/h6-7,10,12-13,15,17H,5,8-9,11H2,1-4H3. The first-order chi connectivity index (χ1) is 10.0. The number of carbonyl (C=O) groups is 1. The summed E-state index contributed by atoms with van der Waals surface area (Å²) >= 11 is 1.72. The molecule has 1 fully saturated rings. The van der Waals surface area contributed by atoms with Crippen molar-refractivity contribution in [1.82, 2.24) is 15.1 Å². The van der Waals surface area contributed by atoms with Gasteiger partial charge in [-0.25, -0.2) is 0 Å². The zero-order valence-electron chi connectivity index (χ0n) is 13.5. The molecule has 1 amide bonds. The van der Waals surface area contributed by atoms with E-state index in [2.05, 4.69) is 55.5 Å². The van der Waals surface area contributed by atoms with Crippen LogP contribution in [0.4, 0.5) is 0 Å². The lowest BCUT2D eigenvalue weighted by Gasteiger charge is -2.25. The number of nitrogens with zero attached hydrogens (tertiary/aromatic N) is 2. The van der Waals surface area contributed by atoms with Gasteiger partial charge in [0.05, 0.1) is 6.04 Å². The lowest BCUT2D eigenvalue weighted by Crippen LogP contribution is -2.37. The summed E-state index contributed by atoms with van der Waals surface area (Å²) in [4.78, 5) is 18.2. The van der Waals surface area contributed by atoms with E-state index < -0.39 is 0 Å². The van der Waals surface area contributed by atoms with Gasteiger partial charge in [0, 0.05) is 18.0 Å². The molecule has 4 nitrogen and oxygen atoms in total. The van der Waals surface area contributed by atoms with E-state index in [1.54, 1.807) is 11.3 Å². The minimum absolute atomic E-state index is 0.0379. The third-order valence-electron chi connectivity index (χ3n) is 4.03. The van der Waals surface area contributed by atoms with Crippen LogP contribution in [0.15, 0.2) is 17.5 Å². The Morgan fingerprint density at radius 2 is 2.24 bits per heavy atom. The van der Waals surface area contributed by atoms with E-state index in [1.165, 1.54) is 4.88 Å². The average molecular weight is 309 g/mol. The molecule has 0 bridgehead atoms. The van der Waals surface area contributed by atoms with Crippen LogP contribution in [0.2, 0.25) is 0 Å². The molecule has 0 saturated carbocycles. The highest BCUT2D eigenvalue weighted by Crippen LogP contribution is 2.30. The molecular formula is C16H27N3OS. The van der Waals surface area contributed by atoms with Gasteiger partial charge in [-0.05, 0) is 37.4 Å². The second-order valence-corrected chi connectivity index (χ2v) is 7.17. The number of hydrogen-bond acceptors (Lipinski definition) is 4. The maximum Gasteiger partial charge on any atom is 0.241 e. The molecule has 0 radical (unpaired) electrons. The molecule has 1 aliphatic heterocycles. The van der Waals surface area contributed by atoms with E-state index in [9.17, 15) is 4.79 Å². The summed E-state index contributed by atoms with van der Waals surface area (Å²) in [5.41, 5.74) is 0. The minimum Gasteiger partial charge on any atom is -0.319 e. The molecule has 0 aromatic carbocycles. The van der Waals surface area contributed by atoms with Gasteiger partial charge in [-0.3, -0.25) is 10.1 Å². The number of rotatable bonds is 7. The molecule has 2 rings (SSSR count). The number of nitrogens with one attached hydrogen (secondary N) is 1. The lowest BCUT2D eigenvalue weighted by molar-refractivity contribution is -0.130. The van der Waals surface area contributed by atoms with Crippen molar-refractivity contribution in [3.63, 3.8) is 0 Å². The van der Waals surface area contributed by atoms with Crippen LogP contribution < -0.4 is 5.32 Å². The smallest absolute Gasteiger partial charge is 0.241 e. The van der Waals surface area contributed by atoms with Crippen LogP contribution in [0.3, 0.4) is 0 Å². The topological polar surface area (TPSA) is 35.6 Å². The molecule has 0 aliphatic carbocycles. The predicted octanol–water partition coefficient (Wildman–Crippen LogP) is 2.54. The molecule has 0 spiro atoms. The molecule has 118 valence electrons. The molecule has 1 aromatic rings. The summed E-state index contributed by atoms with van der Waals surface area (Å²) in [6.45, 7) is 9.19. The van der Waals surface area contributed by atoms with Gasteiger partial charge >= 0.3 is 0 Å². The molecular weight excluding hydrogens is 282 g/mol. The summed E-state index contributed by atoms with van der Waals surface area (Å²) in [6.07, 6.45) is 0.951. The largest absolute Gasteiger partial charge is 0.319 e. The highest BCUT2D eigenvalue weighted by Gasteiger charge is 2.39. The van der Waals surface area contributed by atoms with Crippen LogP contribution in [0.5, 0.6) is 0 Å². The second kappa shape index (κ2) is 7.38. The van der Waals surface area contributed by atoms with Crippen LogP contribution in [0, 0.1) is 5.92 Å². The van der Waals surface area contributed by atoms with Gasteiger partial charge in [0.15, 0.2) is 0 Å². The van der Waals surface area contributed by atoms with Gasteiger partial charge in [-0.15, -0.1) is 11.3 Å². The fourth-order valence-electron chi connectivity index (χ4n) is 2.68. The Balaban J connectivity index is 2.10. The summed E-state index contributed by atoms with van der Waals surface area (Å²) in [5.74, 6) is 0.778. The maximum absolute atomic E-state index is 12.7. The first kappa shape index (κ1) is 16.5. The fraction of sp³-hybridized carbons (Fsp3) is 0.688. The quantitative estimate of drug-likeness (QED) is 0.841. The Morgan fingerprint density at radius 1 is 1.48 bits per heavy atom. The van der Waals surface area contributed by atoms with Crippen molar-refractivity contribution in [3.05, 3.63) is 22.4 Å². The van der Waals surface area contributed by atoms with Crippen LogP contribution in [0.25, 0.3) is 0 Å². The summed E-state index contributed by atoms with van der Waals surface area (Å²) < 4.78 is 0. The maximum atomic E-state index is 12.7. The monoisotopic (exact) mass is 309 g/mol. The summed E-state index contributed by atoms with van der Waals surface area (Å²) in [5, 5.41) is 5.61. The van der Waals surface area contributed by atoms with E-state index in [4.69, 9.17) is 0 Å². The van der Waals surface area contributed by atoms with Gasteiger partial charge in [0.25, 0.3) is 0 Å². The van der Waals surface area contributed by atoms with Crippen molar-refractivity contribution in [2.24, 2.45) is 5.92 Å². The fourth-order valence-corrected chi connectivity index (χ4v) is 3.47. The van der Waals surface area contributed by atoms with Crippen LogP contribution in [-0.4, -0.2) is 48.4 Å². The third kappa shape index (κ3) is 4.05. The summed E-state index contributed by atoms with van der Waals surface area (Å²) in [6, 6.07) is 4.13. The van der Waals surface area contributed by atoms with Crippen LogP contribution >= 0.6 is 11.3 Å². The Kier molecular flexibility index (Phi) is 5.79.